The van der Waals surface area contributed by atoms with Crippen LogP contribution in [0.4, 0.5) is 0 Å². The summed E-state index contributed by atoms with van der Waals surface area (Å²) in [7, 11) is 0. The Morgan fingerprint density at radius 2 is 1.81 bits per heavy atom. The summed E-state index contributed by atoms with van der Waals surface area (Å²) in [5.74, 6) is -0.924. The second kappa shape index (κ2) is 5.12. The molecular formula is C14H11N3O4. The van der Waals surface area contributed by atoms with E-state index in [0.29, 0.717) is 16.7 Å². The van der Waals surface area contributed by atoms with Crippen LogP contribution in [0.1, 0.15) is 0 Å². The number of aliphatic carboxylic acids is 1. The molecule has 1 heterocycles. The number of aromatic hydroxyl groups is 1. The van der Waals surface area contributed by atoms with Crippen molar-refractivity contribution in [3.05, 3.63) is 42.5 Å². The summed E-state index contributed by atoms with van der Waals surface area (Å²) in [5, 5.41) is 27.1. The normalized spacial score (nSPS) is 10.7. The molecule has 0 saturated heterocycles. The molecule has 0 bridgehead atoms. The average Bonchev–Trinajstić information content (AvgIpc) is 2.88. The lowest BCUT2D eigenvalue weighted by Crippen LogP contribution is -2.09. The summed E-state index contributed by atoms with van der Waals surface area (Å²) < 4.78 is 4.99. The van der Waals surface area contributed by atoms with Crippen molar-refractivity contribution in [2.24, 2.45) is 0 Å². The van der Waals surface area contributed by atoms with Gasteiger partial charge in [-0.1, -0.05) is 12.1 Å². The number of rotatable bonds is 4. The summed E-state index contributed by atoms with van der Waals surface area (Å²) in [6.07, 6.45) is 0. The molecule has 0 radical (unpaired) electrons. The Kier molecular flexibility index (Phi) is 3.15. The number of ether oxygens (including phenoxy) is 1. The number of hydrogen-bond acceptors (Lipinski definition) is 5. The second-order valence-electron chi connectivity index (χ2n) is 4.31. The third-order valence-electron chi connectivity index (χ3n) is 2.81. The summed E-state index contributed by atoms with van der Waals surface area (Å²) in [5.41, 5.74) is 1.81. The zero-order valence-corrected chi connectivity index (χ0v) is 10.8. The third-order valence-corrected chi connectivity index (χ3v) is 2.81. The van der Waals surface area contributed by atoms with Gasteiger partial charge in [-0.25, -0.2) is 4.79 Å². The Bertz CT molecular complexity index is 780. The summed E-state index contributed by atoms with van der Waals surface area (Å²) in [4.78, 5) is 11.8. The predicted octanol–water partition coefficient (Wildman–Crippen LogP) is 1.59. The van der Waals surface area contributed by atoms with Crippen LogP contribution in [0.3, 0.4) is 0 Å². The van der Waals surface area contributed by atoms with Crippen LogP contribution in [-0.4, -0.2) is 37.8 Å². The maximum Gasteiger partial charge on any atom is 0.341 e. The Hall–Kier alpha value is -3.09. The number of carboxylic acids is 1. The van der Waals surface area contributed by atoms with E-state index in [1.165, 1.54) is 10.9 Å². The molecule has 0 spiro atoms. The molecular weight excluding hydrogens is 274 g/mol. The van der Waals surface area contributed by atoms with Crippen molar-refractivity contribution in [3.8, 4) is 17.2 Å². The van der Waals surface area contributed by atoms with Crippen molar-refractivity contribution in [3.63, 3.8) is 0 Å². The molecule has 2 N–H and O–H groups in total. The predicted molar refractivity (Wildman–Crippen MR) is 73.7 cm³/mol. The Balaban J connectivity index is 1.93. The molecule has 21 heavy (non-hydrogen) atoms. The molecule has 7 nitrogen and oxygen atoms in total. The van der Waals surface area contributed by atoms with E-state index >= 15 is 0 Å². The third kappa shape index (κ3) is 2.62. The largest absolute Gasteiger partial charge is 0.505 e. The van der Waals surface area contributed by atoms with Crippen LogP contribution in [0.25, 0.3) is 16.7 Å². The van der Waals surface area contributed by atoms with E-state index in [-0.39, 0.29) is 11.5 Å². The maximum absolute atomic E-state index is 10.4. The highest BCUT2D eigenvalue weighted by molar-refractivity contribution is 5.73. The van der Waals surface area contributed by atoms with Crippen LogP contribution < -0.4 is 4.74 Å². The molecule has 0 aliphatic rings. The first-order valence-corrected chi connectivity index (χ1v) is 6.13. The number of benzene rings is 2. The van der Waals surface area contributed by atoms with Gasteiger partial charge in [-0.3, -0.25) is 0 Å². The fourth-order valence-corrected chi connectivity index (χ4v) is 1.87. The molecule has 2 aromatic carbocycles. The van der Waals surface area contributed by atoms with Crippen LogP contribution in [0.15, 0.2) is 42.5 Å². The number of nitrogens with zero attached hydrogens (tertiary/aromatic N) is 3. The van der Waals surface area contributed by atoms with Crippen molar-refractivity contribution in [1.29, 1.82) is 0 Å². The topological polar surface area (TPSA) is 97.5 Å². The fourth-order valence-electron chi connectivity index (χ4n) is 1.87. The van der Waals surface area contributed by atoms with Gasteiger partial charge in [-0.05, 0) is 24.3 Å². The Labute approximate surface area is 119 Å². The van der Waals surface area contributed by atoms with Crippen molar-refractivity contribution >= 4 is 17.0 Å². The molecule has 3 rings (SSSR count). The number of carboxylic acid groups (broad SMARTS) is 1. The molecule has 106 valence electrons. The van der Waals surface area contributed by atoms with Crippen LogP contribution in [-0.2, 0) is 4.79 Å². The number of phenols is 1. The van der Waals surface area contributed by atoms with E-state index in [0.717, 1.165) is 0 Å². The number of hydrogen-bond donors (Lipinski definition) is 2. The number of aromatic nitrogens is 3. The van der Waals surface area contributed by atoms with E-state index < -0.39 is 12.6 Å². The summed E-state index contributed by atoms with van der Waals surface area (Å²) >= 11 is 0. The van der Waals surface area contributed by atoms with Crippen molar-refractivity contribution in [2.75, 3.05) is 6.61 Å². The number of carbonyl (C=O) groups is 1. The van der Waals surface area contributed by atoms with E-state index in [4.69, 9.17) is 9.84 Å². The van der Waals surface area contributed by atoms with Crippen LogP contribution in [0.5, 0.6) is 11.5 Å². The van der Waals surface area contributed by atoms with Crippen LogP contribution in [0, 0.1) is 0 Å². The van der Waals surface area contributed by atoms with Crippen molar-refractivity contribution in [2.45, 2.75) is 0 Å². The monoisotopic (exact) mass is 285 g/mol. The van der Waals surface area contributed by atoms with Gasteiger partial charge < -0.3 is 14.9 Å². The zero-order valence-electron chi connectivity index (χ0n) is 10.8. The first-order valence-electron chi connectivity index (χ1n) is 6.13. The highest BCUT2D eigenvalue weighted by Crippen LogP contribution is 2.26. The minimum Gasteiger partial charge on any atom is -0.505 e. The van der Waals surface area contributed by atoms with Crippen molar-refractivity contribution < 1.29 is 19.7 Å². The highest BCUT2D eigenvalue weighted by Gasteiger charge is 2.10. The van der Waals surface area contributed by atoms with E-state index in [1.807, 2.05) is 24.3 Å². The second-order valence-corrected chi connectivity index (χ2v) is 4.31. The molecule has 0 aliphatic heterocycles. The first kappa shape index (κ1) is 12.9. The minimum atomic E-state index is -1.08. The highest BCUT2D eigenvalue weighted by atomic mass is 16.5. The van der Waals surface area contributed by atoms with E-state index in [2.05, 4.69) is 10.2 Å². The van der Waals surface area contributed by atoms with E-state index in [1.54, 1.807) is 12.1 Å². The lowest BCUT2D eigenvalue weighted by molar-refractivity contribution is -0.139. The molecule has 0 unspecified atom stereocenters. The van der Waals surface area contributed by atoms with Crippen LogP contribution in [0.2, 0.25) is 0 Å². The van der Waals surface area contributed by atoms with Gasteiger partial charge in [0.05, 0.1) is 0 Å². The standard InChI is InChI=1S/C14H11N3O4/c18-13-7-9(21-8-14(19)20)5-6-12(13)17-15-10-3-1-2-4-11(10)16-17/h1-7,18H,8H2,(H,19,20). The van der Waals surface area contributed by atoms with Crippen molar-refractivity contribution in [1.82, 2.24) is 15.0 Å². The first-order chi connectivity index (χ1) is 10.1. The quantitative estimate of drug-likeness (QED) is 0.755. The maximum atomic E-state index is 10.4. The van der Waals surface area contributed by atoms with E-state index in [9.17, 15) is 9.90 Å². The molecule has 0 aliphatic carbocycles. The molecule has 0 fully saturated rings. The van der Waals surface area contributed by atoms with Gasteiger partial charge in [0.25, 0.3) is 0 Å². The fraction of sp³-hybridized carbons (Fsp3) is 0.0714. The Morgan fingerprint density at radius 1 is 1.14 bits per heavy atom. The molecule has 7 heteroatoms. The molecule has 0 saturated carbocycles. The number of phenolic OH excluding ortho intramolecular Hbond substituents is 1. The molecule has 1 aromatic heterocycles. The van der Waals surface area contributed by atoms with Gasteiger partial charge in [0.2, 0.25) is 0 Å². The zero-order chi connectivity index (χ0) is 14.8. The number of fused-ring (bicyclic) bond motifs is 1. The van der Waals surface area contributed by atoms with Gasteiger partial charge in [0.1, 0.15) is 28.2 Å². The molecule has 0 atom stereocenters. The SMILES string of the molecule is O=C(O)COc1ccc(-n2nc3ccccc3n2)c(O)c1. The average molecular weight is 285 g/mol. The Morgan fingerprint density at radius 3 is 2.38 bits per heavy atom. The van der Waals surface area contributed by atoms with Crippen LogP contribution >= 0.6 is 0 Å². The summed E-state index contributed by atoms with van der Waals surface area (Å²) in [6, 6.07) is 11.8. The molecule has 3 aromatic rings. The lowest BCUT2D eigenvalue weighted by Gasteiger charge is -2.06. The van der Waals surface area contributed by atoms with Gasteiger partial charge >= 0.3 is 5.97 Å². The summed E-state index contributed by atoms with van der Waals surface area (Å²) in [6.45, 7) is -0.470. The minimum absolute atomic E-state index is 0.0989. The lowest BCUT2D eigenvalue weighted by atomic mass is 10.3. The van der Waals surface area contributed by atoms with Gasteiger partial charge in [-0.2, -0.15) is 0 Å². The smallest absolute Gasteiger partial charge is 0.341 e. The van der Waals surface area contributed by atoms with Gasteiger partial charge in [-0.15, -0.1) is 15.0 Å². The van der Waals surface area contributed by atoms with Gasteiger partial charge in [0.15, 0.2) is 6.61 Å². The molecule has 0 amide bonds. The van der Waals surface area contributed by atoms with Gasteiger partial charge in [0, 0.05) is 6.07 Å².